The van der Waals surface area contributed by atoms with Crippen molar-refractivity contribution in [2.75, 3.05) is 14.2 Å². The van der Waals surface area contributed by atoms with E-state index in [0.29, 0.717) is 22.7 Å². The summed E-state index contributed by atoms with van der Waals surface area (Å²) >= 11 is 1.53. The Balaban J connectivity index is 1.50. The van der Waals surface area contributed by atoms with Gasteiger partial charge in [0.15, 0.2) is 11.5 Å². The molecule has 0 spiro atoms. The molecule has 0 unspecified atom stereocenters. The van der Waals surface area contributed by atoms with Gasteiger partial charge >= 0.3 is 0 Å². The minimum absolute atomic E-state index is 0.207. The maximum Gasteiger partial charge on any atom is 0.293 e. The highest BCUT2D eigenvalue weighted by Gasteiger charge is 2.14. The van der Waals surface area contributed by atoms with Gasteiger partial charge in [0.25, 0.3) is 5.56 Å². The molecular weight excluding hydrogens is 406 g/mol. The molecule has 0 radical (unpaired) electrons. The summed E-state index contributed by atoms with van der Waals surface area (Å²) in [7, 11) is 3.09. The number of carbonyl (C=O) groups is 1. The first-order valence-electron chi connectivity index (χ1n) is 9.06. The summed E-state index contributed by atoms with van der Waals surface area (Å²) in [4.78, 5) is 26.1. The number of benzene rings is 1. The van der Waals surface area contributed by atoms with Gasteiger partial charge in [0.05, 0.1) is 19.1 Å². The van der Waals surface area contributed by atoms with Crippen LogP contribution >= 0.6 is 11.3 Å². The smallest absolute Gasteiger partial charge is 0.293 e. The van der Waals surface area contributed by atoms with E-state index in [1.807, 2.05) is 29.6 Å². The van der Waals surface area contributed by atoms with Crippen LogP contribution in [0.3, 0.4) is 0 Å². The van der Waals surface area contributed by atoms with Gasteiger partial charge in [0, 0.05) is 12.1 Å². The Bertz CT molecular complexity index is 1250. The first-order valence-corrected chi connectivity index (χ1v) is 9.94. The van der Waals surface area contributed by atoms with Crippen molar-refractivity contribution in [1.29, 1.82) is 0 Å². The lowest BCUT2D eigenvalue weighted by atomic mass is 10.2. The van der Waals surface area contributed by atoms with Crippen LogP contribution in [-0.2, 0) is 17.9 Å². The summed E-state index contributed by atoms with van der Waals surface area (Å²) in [6.07, 6.45) is 1.42. The van der Waals surface area contributed by atoms with E-state index in [9.17, 15) is 9.59 Å². The molecule has 0 aliphatic carbocycles. The molecule has 0 saturated carbocycles. The van der Waals surface area contributed by atoms with Gasteiger partial charge < -0.3 is 14.8 Å². The molecule has 3 heterocycles. The molecule has 4 aromatic rings. The Labute approximate surface area is 175 Å². The van der Waals surface area contributed by atoms with Crippen LogP contribution in [0.2, 0.25) is 0 Å². The SMILES string of the molecule is COc1cccc(CNC(=O)Cn2ncn3nc(-c4cccs4)cc3c2=O)c1OC. The zero-order valence-electron chi connectivity index (χ0n) is 16.4. The number of para-hydroxylation sites is 1. The highest BCUT2D eigenvalue weighted by atomic mass is 32.1. The Kier molecular flexibility index (Phi) is 5.48. The molecule has 0 saturated heterocycles. The summed E-state index contributed by atoms with van der Waals surface area (Å²) < 4.78 is 13.2. The summed E-state index contributed by atoms with van der Waals surface area (Å²) in [5.41, 5.74) is 1.42. The molecule has 0 atom stereocenters. The number of thiophene rings is 1. The number of nitrogens with zero attached hydrogens (tertiary/aromatic N) is 4. The molecule has 0 fully saturated rings. The fraction of sp³-hybridized carbons (Fsp3) is 0.200. The van der Waals surface area contributed by atoms with Gasteiger partial charge in [-0.1, -0.05) is 18.2 Å². The van der Waals surface area contributed by atoms with E-state index in [2.05, 4.69) is 15.5 Å². The minimum atomic E-state index is -0.387. The molecular formula is C20H19N5O4S. The lowest BCUT2D eigenvalue weighted by molar-refractivity contribution is -0.122. The Morgan fingerprint density at radius 1 is 1.20 bits per heavy atom. The predicted molar refractivity (Wildman–Crippen MR) is 112 cm³/mol. The van der Waals surface area contributed by atoms with Gasteiger partial charge in [-0.3, -0.25) is 9.59 Å². The molecule has 0 aliphatic rings. The Morgan fingerprint density at radius 2 is 2.07 bits per heavy atom. The van der Waals surface area contributed by atoms with Gasteiger partial charge in [0.1, 0.15) is 24.1 Å². The van der Waals surface area contributed by atoms with Gasteiger partial charge in [-0.05, 0) is 23.6 Å². The van der Waals surface area contributed by atoms with Gasteiger partial charge in [-0.2, -0.15) is 10.2 Å². The van der Waals surface area contributed by atoms with Crippen molar-refractivity contribution in [1.82, 2.24) is 24.7 Å². The van der Waals surface area contributed by atoms with Crippen LogP contribution < -0.4 is 20.3 Å². The molecule has 0 bridgehead atoms. The molecule has 1 aromatic carbocycles. The highest BCUT2D eigenvalue weighted by Crippen LogP contribution is 2.30. The van der Waals surface area contributed by atoms with Gasteiger partial charge in [-0.25, -0.2) is 9.20 Å². The van der Waals surface area contributed by atoms with Crippen LogP contribution in [0, 0.1) is 0 Å². The second kappa shape index (κ2) is 8.37. The van der Waals surface area contributed by atoms with Gasteiger partial charge in [0.2, 0.25) is 5.91 Å². The molecule has 3 aromatic heterocycles. The molecule has 1 amide bonds. The molecule has 154 valence electrons. The number of amides is 1. The lowest BCUT2D eigenvalue weighted by Crippen LogP contribution is -2.34. The number of methoxy groups -OCH3 is 2. The van der Waals surface area contributed by atoms with E-state index in [4.69, 9.17) is 9.47 Å². The topological polar surface area (TPSA) is 99.8 Å². The van der Waals surface area contributed by atoms with Crippen molar-refractivity contribution in [3.63, 3.8) is 0 Å². The fourth-order valence-corrected chi connectivity index (χ4v) is 3.76. The average molecular weight is 425 g/mol. The summed E-state index contributed by atoms with van der Waals surface area (Å²) in [6.45, 7) is 0.0204. The fourth-order valence-electron chi connectivity index (χ4n) is 3.07. The molecule has 0 aliphatic heterocycles. The number of fused-ring (bicyclic) bond motifs is 1. The standard InChI is InChI=1S/C20H19N5O4S/c1-28-16-6-3-5-13(19(16)29-2)10-21-18(26)11-24-20(27)15-9-14(17-7-4-8-30-17)23-25(15)12-22-24/h3-9,12H,10-11H2,1-2H3,(H,21,26). The number of hydrogen-bond donors (Lipinski definition) is 1. The number of ether oxygens (including phenoxy) is 2. The first-order chi connectivity index (χ1) is 14.6. The number of hydrogen-bond acceptors (Lipinski definition) is 7. The largest absolute Gasteiger partial charge is 0.493 e. The maximum atomic E-state index is 12.7. The van der Waals surface area contributed by atoms with Crippen molar-refractivity contribution in [2.24, 2.45) is 0 Å². The Morgan fingerprint density at radius 3 is 2.80 bits per heavy atom. The van der Waals surface area contributed by atoms with E-state index in [1.165, 1.54) is 29.3 Å². The van der Waals surface area contributed by atoms with E-state index in [-0.39, 0.29) is 24.6 Å². The summed E-state index contributed by atoms with van der Waals surface area (Å²) in [6, 6.07) is 11.0. The van der Waals surface area contributed by atoms with E-state index < -0.39 is 0 Å². The normalized spacial score (nSPS) is 10.9. The molecule has 10 heteroatoms. The van der Waals surface area contributed by atoms with Crippen molar-refractivity contribution in [2.45, 2.75) is 13.1 Å². The van der Waals surface area contributed by atoms with Crippen LogP contribution in [0.25, 0.3) is 16.1 Å². The van der Waals surface area contributed by atoms with Crippen LogP contribution in [0.5, 0.6) is 11.5 Å². The van der Waals surface area contributed by atoms with Gasteiger partial charge in [-0.15, -0.1) is 11.3 Å². The van der Waals surface area contributed by atoms with Crippen molar-refractivity contribution in [3.8, 4) is 22.1 Å². The summed E-state index contributed by atoms with van der Waals surface area (Å²) in [5, 5.41) is 13.2. The van der Waals surface area contributed by atoms with Crippen molar-refractivity contribution < 1.29 is 14.3 Å². The second-order valence-electron chi connectivity index (χ2n) is 6.36. The third-order valence-electron chi connectivity index (χ3n) is 4.52. The maximum absolute atomic E-state index is 12.7. The Hall–Kier alpha value is -3.66. The second-order valence-corrected chi connectivity index (χ2v) is 7.31. The quantitative estimate of drug-likeness (QED) is 0.486. The first kappa shape index (κ1) is 19.6. The monoisotopic (exact) mass is 425 g/mol. The van der Waals surface area contributed by atoms with E-state index in [1.54, 1.807) is 19.2 Å². The van der Waals surface area contributed by atoms with Crippen molar-refractivity contribution >= 4 is 22.8 Å². The van der Waals surface area contributed by atoms with Crippen LogP contribution in [-0.4, -0.2) is 39.5 Å². The zero-order valence-corrected chi connectivity index (χ0v) is 17.2. The minimum Gasteiger partial charge on any atom is -0.493 e. The molecule has 4 rings (SSSR count). The molecule has 30 heavy (non-hydrogen) atoms. The lowest BCUT2D eigenvalue weighted by Gasteiger charge is -2.13. The van der Waals surface area contributed by atoms with E-state index >= 15 is 0 Å². The zero-order chi connectivity index (χ0) is 21.1. The van der Waals surface area contributed by atoms with Crippen LogP contribution in [0.1, 0.15) is 5.56 Å². The highest BCUT2D eigenvalue weighted by molar-refractivity contribution is 7.13. The molecule has 9 nitrogen and oxygen atoms in total. The third-order valence-corrected chi connectivity index (χ3v) is 5.41. The summed E-state index contributed by atoms with van der Waals surface area (Å²) in [5.74, 6) is 0.782. The number of nitrogens with one attached hydrogen (secondary N) is 1. The molecule has 1 N–H and O–H groups in total. The third kappa shape index (κ3) is 3.77. The number of rotatable bonds is 7. The van der Waals surface area contributed by atoms with Crippen LogP contribution in [0.4, 0.5) is 0 Å². The van der Waals surface area contributed by atoms with Crippen LogP contribution in [0.15, 0.2) is 52.9 Å². The van der Waals surface area contributed by atoms with E-state index in [0.717, 1.165) is 15.1 Å². The number of aromatic nitrogens is 4. The van der Waals surface area contributed by atoms with Crippen molar-refractivity contribution in [3.05, 3.63) is 64.0 Å². The number of carbonyl (C=O) groups excluding carboxylic acids is 1. The average Bonchev–Trinajstić information content (AvgIpc) is 3.44. The predicted octanol–water partition coefficient (Wildman–Crippen LogP) is 1.95.